The Balaban J connectivity index is 0.00000243. The molecule has 2 aromatic rings. The summed E-state index contributed by atoms with van der Waals surface area (Å²) in [5.74, 6) is 0.0231. The molecule has 0 unspecified atom stereocenters. The van der Waals surface area contributed by atoms with Crippen molar-refractivity contribution in [2.75, 3.05) is 26.2 Å². The van der Waals surface area contributed by atoms with Gasteiger partial charge in [-0.2, -0.15) is 4.31 Å². The number of ether oxygens (including phenoxy) is 1. The monoisotopic (exact) mass is 418 g/mol. The van der Waals surface area contributed by atoms with Crippen molar-refractivity contribution in [3.63, 3.8) is 0 Å². The van der Waals surface area contributed by atoms with Crippen molar-refractivity contribution in [1.82, 2.24) is 4.31 Å². The van der Waals surface area contributed by atoms with Crippen LogP contribution in [0.5, 0.6) is 0 Å². The van der Waals surface area contributed by atoms with Gasteiger partial charge in [-0.25, -0.2) is 13.2 Å². The lowest BCUT2D eigenvalue weighted by atomic mass is 9.99. The average Bonchev–Trinajstić information content (AvgIpc) is 3.05. The van der Waals surface area contributed by atoms with E-state index in [-0.39, 0.29) is 23.3 Å². The number of rotatable bonds is 5. The number of halogens is 1. The summed E-state index contributed by atoms with van der Waals surface area (Å²) >= 11 is 1.31. The number of thiophene rings is 1. The first-order valence-corrected chi connectivity index (χ1v) is 10.6. The number of hydrogen-bond acceptors (Lipinski definition) is 6. The van der Waals surface area contributed by atoms with Crippen LogP contribution in [-0.2, 0) is 14.8 Å². The van der Waals surface area contributed by atoms with Gasteiger partial charge in [-0.15, -0.1) is 23.7 Å². The van der Waals surface area contributed by atoms with Crippen LogP contribution in [0.15, 0.2) is 29.2 Å². The molecule has 3 rings (SSSR count). The van der Waals surface area contributed by atoms with Crippen molar-refractivity contribution >= 4 is 49.8 Å². The molecule has 26 heavy (non-hydrogen) atoms. The molecule has 1 aromatic heterocycles. The van der Waals surface area contributed by atoms with E-state index in [1.807, 2.05) is 0 Å². The molecule has 1 aliphatic rings. The predicted octanol–water partition coefficient (Wildman–Crippen LogP) is 2.86. The van der Waals surface area contributed by atoms with Gasteiger partial charge in [-0.3, -0.25) is 0 Å². The van der Waals surface area contributed by atoms with Gasteiger partial charge in [0.15, 0.2) is 0 Å². The van der Waals surface area contributed by atoms with Gasteiger partial charge < -0.3 is 10.5 Å². The largest absolute Gasteiger partial charge is 0.462 e. The van der Waals surface area contributed by atoms with Crippen LogP contribution in [0.3, 0.4) is 0 Å². The van der Waals surface area contributed by atoms with Crippen molar-refractivity contribution in [3.8, 4) is 0 Å². The molecular weight excluding hydrogens is 396 g/mol. The quantitative estimate of drug-likeness (QED) is 0.754. The minimum atomic E-state index is -3.53. The minimum absolute atomic E-state index is 0. The molecular formula is C17H23ClN2O4S2. The fourth-order valence-electron chi connectivity index (χ4n) is 3.02. The number of sulfonamides is 1. The standard InChI is InChI=1S/C17H22N2O4S2.ClH/c1-2-23-17(20)16-10-13-9-14(3-4-15(13)24-16)25(21,22)19-7-5-12(11-18)6-8-19;/h3-4,9-10,12H,2,5-8,11,18H2,1H3;1H. The molecule has 2 heterocycles. The van der Waals surface area contributed by atoms with Gasteiger partial charge >= 0.3 is 5.97 Å². The summed E-state index contributed by atoms with van der Waals surface area (Å²) in [6, 6.07) is 6.69. The average molecular weight is 419 g/mol. The Morgan fingerprint density at radius 3 is 2.62 bits per heavy atom. The first-order chi connectivity index (χ1) is 12.0. The van der Waals surface area contributed by atoms with E-state index in [0.717, 1.165) is 22.9 Å². The maximum Gasteiger partial charge on any atom is 0.348 e. The van der Waals surface area contributed by atoms with Gasteiger partial charge in [0.1, 0.15) is 4.88 Å². The van der Waals surface area contributed by atoms with Crippen LogP contribution in [0.2, 0.25) is 0 Å². The maximum atomic E-state index is 12.9. The second-order valence-corrected chi connectivity index (χ2v) is 9.14. The summed E-state index contributed by atoms with van der Waals surface area (Å²) in [4.78, 5) is 12.6. The Bertz CT molecular complexity index is 874. The van der Waals surface area contributed by atoms with Crippen molar-refractivity contribution in [1.29, 1.82) is 0 Å². The van der Waals surface area contributed by atoms with Crippen LogP contribution in [0.1, 0.15) is 29.4 Å². The van der Waals surface area contributed by atoms with Crippen LogP contribution in [0.25, 0.3) is 10.1 Å². The van der Waals surface area contributed by atoms with Crippen LogP contribution < -0.4 is 5.73 Å². The molecule has 1 saturated heterocycles. The highest BCUT2D eigenvalue weighted by Crippen LogP contribution is 2.30. The second kappa shape index (κ2) is 8.67. The van der Waals surface area contributed by atoms with Crippen molar-refractivity contribution in [2.24, 2.45) is 11.7 Å². The number of hydrogen-bond donors (Lipinski definition) is 1. The number of carbonyl (C=O) groups is 1. The third-order valence-corrected chi connectivity index (χ3v) is 7.50. The molecule has 0 aliphatic carbocycles. The topological polar surface area (TPSA) is 89.7 Å². The second-order valence-electron chi connectivity index (χ2n) is 6.11. The summed E-state index contributed by atoms with van der Waals surface area (Å²) < 4.78 is 33.1. The summed E-state index contributed by atoms with van der Waals surface area (Å²) in [7, 11) is -3.53. The third-order valence-electron chi connectivity index (χ3n) is 4.51. The van der Waals surface area contributed by atoms with Crippen molar-refractivity contribution < 1.29 is 17.9 Å². The Kier molecular flexibility index (Phi) is 7.04. The SMILES string of the molecule is CCOC(=O)c1cc2cc(S(=O)(=O)N3CCC(CN)CC3)ccc2s1.Cl. The van der Waals surface area contributed by atoms with Gasteiger partial charge in [0.2, 0.25) is 10.0 Å². The molecule has 0 amide bonds. The zero-order chi connectivity index (χ0) is 18.0. The highest BCUT2D eigenvalue weighted by molar-refractivity contribution is 7.89. The lowest BCUT2D eigenvalue weighted by Gasteiger charge is -2.30. The van der Waals surface area contributed by atoms with Crippen molar-refractivity contribution in [2.45, 2.75) is 24.7 Å². The number of nitrogens with zero attached hydrogens (tertiary/aromatic N) is 1. The van der Waals surface area contributed by atoms with E-state index in [1.165, 1.54) is 15.6 Å². The van der Waals surface area contributed by atoms with Crippen LogP contribution in [-0.4, -0.2) is 44.9 Å². The normalized spacial score (nSPS) is 16.4. The number of benzene rings is 1. The summed E-state index contributed by atoms with van der Waals surface area (Å²) in [6.45, 7) is 3.67. The van der Waals surface area contributed by atoms with Gasteiger partial charge in [0.05, 0.1) is 11.5 Å². The summed E-state index contributed by atoms with van der Waals surface area (Å²) in [5, 5.41) is 0.742. The Morgan fingerprint density at radius 1 is 1.31 bits per heavy atom. The smallest absolute Gasteiger partial charge is 0.348 e. The van der Waals surface area contributed by atoms with E-state index in [4.69, 9.17) is 10.5 Å². The van der Waals surface area contributed by atoms with Gasteiger partial charge in [-0.1, -0.05) is 0 Å². The first kappa shape index (κ1) is 21.1. The van der Waals surface area contributed by atoms with Crippen LogP contribution >= 0.6 is 23.7 Å². The number of nitrogens with two attached hydrogens (primary N) is 1. The van der Waals surface area contributed by atoms with E-state index in [0.29, 0.717) is 37.0 Å². The lowest BCUT2D eigenvalue weighted by molar-refractivity contribution is 0.0532. The molecule has 0 bridgehead atoms. The summed E-state index contributed by atoms with van der Waals surface area (Å²) in [6.07, 6.45) is 1.59. The fraction of sp³-hybridized carbons (Fsp3) is 0.471. The van der Waals surface area contributed by atoms with E-state index in [1.54, 1.807) is 31.2 Å². The van der Waals surface area contributed by atoms with Gasteiger partial charge in [-0.05, 0) is 61.9 Å². The molecule has 0 atom stereocenters. The fourth-order valence-corrected chi connectivity index (χ4v) is 5.46. The predicted molar refractivity (Wildman–Crippen MR) is 106 cm³/mol. The van der Waals surface area contributed by atoms with Gasteiger partial charge in [0.25, 0.3) is 0 Å². The highest BCUT2D eigenvalue weighted by Gasteiger charge is 2.29. The molecule has 1 aromatic carbocycles. The first-order valence-electron chi connectivity index (χ1n) is 8.36. The zero-order valence-electron chi connectivity index (χ0n) is 14.5. The van der Waals surface area contributed by atoms with E-state index in [2.05, 4.69) is 0 Å². The molecule has 9 heteroatoms. The zero-order valence-corrected chi connectivity index (χ0v) is 17.0. The van der Waals surface area contributed by atoms with Gasteiger partial charge in [0, 0.05) is 17.8 Å². The molecule has 0 spiro atoms. The molecule has 0 radical (unpaired) electrons. The maximum absolute atomic E-state index is 12.9. The minimum Gasteiger partial charge on any atom is -0.462 e. The highest BCUT2D eigenvalue weighted by atomic mass is 35.5. The Hall–Kier alpha value is -1.19. The molecule has 144 valence electrons. The number of carbonyl (C=O) groups excluding carboxylic acids is 1. The Morgan fingerprint density at radius 2 is 2.00 bits per heavy atom. The van der Waals surface area contributed by atoms with E-state index < -0.39 is 10.0 Å². The number of fused-ring (bicyclic) bond motifs is 1. The molecule has 1 fully saturated rings. The third kappa shape index (κ3) is 4.20. The van der Waals surface area contributed by atoms with Crippen LogP contribution in [0, 0.1) is 5.92 Å². The number of esters is 1. The van der Waals surface area contributed by atoms with E-state index in [9.17, 15) is 13.2 Å². The summed E-state index contributed by atoms with van der Waals surface area (Å²) in [5.41, 5.74) is 5.67. The molecule has 2 N–H and O–H groups in total. The van der Waals surface area contributed by atoms with Crippen LogP contribution in [0.4, 0.5) is 0 Å². The molecule has 1 aliphatic heterocycles. The van der Waals surface area contributed by atoms with E-state index >= 15 is 0 Å². The number of piperidine rings is 1. The molecule has 6 nitrogen and oxygen atoms in total. The lowest BCUT2D eigenvalue weighted by Crippen LogP contribution is -2.39. The Labute approximate surface area is 163 Å². The van der Waals surface area contributed by atoms with Crippen molar-refractivity contribution in [3.05, 3.63) is 29.1 Å². The molecule has 0 saturated carbocycles.